The summed E-state index contributed by atoms with van der Waals surface area (Å²) in [4.78, 5) is 56.7. The normalized spacial score (nSPS) is 15.8. The number of nitriles is 2. The summed E-state index contributed by atoms with van der Waals surface area (Å²) in [5.74, 6) is 0.00838. The first-order chi connectivity index (χ1) is 21.4. The molecule has 2 aliphatic rings. The zero-order valence-corrected chi connectivity index (χ0v) is 26.2. The number of urea groups is 2. The predicted octanol–water partition coefficient (Wildman–Crippen LogP) is 4.44. The highest BCUT2D eigenvalue weighted by molar-refractivity contribution is 5.99. The number of rotatable bonds is 4. The van der Waals surface area contributed by atoms with Crippen molar-refractivity contribution >= 4 is 35.3 Å². The molecule has 45 heavy (non-hydrogen) atoms. The van der Waals surface area contributed by atoms with Crippen LogP contribution in [0, 0.1) is 28.1 Å². The maximum absolute atomic E-state index is 14.2. The number of hydrazine groups is 1. The van der Waals surface area contributed by atoms with Crippen molar-refractivity contribution < 1.29 is 19.2 Å². The molecule has 2 aromatic carbocycles. The van der Waals surface area contributed by atoms with Gasteiger partial charge in [0, 0.05) is 50.2 Å². The fourth-order valence-electron chi connectivity index (χ4n) is 5.61. The average Bonchev–Trinajstić information content (AvgIpc) is 3.03. The smallest absolute Gasteiger partial charge is 0.341 e. The van der Waals surface area contributed by atoms with Gasteiger partial charge in [-0.3, -0.25) is 9.59 Å². The number of carbonyl (C=O) groups is 4. The summed E-state index contributed by atoms with van der Waals surface area (Å²) in [7, 11) is 0. The minimum atomic E-state index is -0.564. The molecule has 2 fully saturated rings. The molecular formula is C33H40N8O4. The molecule has 236 valence electrons. The molecule has 0 aromatic heterocycles. The number of benzene rings is 2. The van der Waals surface area contributed by atoms with Crippen molar-refractivity contribution in [1.82, 2.24) is 20.1 Å². The number of hydrogen-bond donors (Lipinski definition) is 2. The highest BCUT2D eigenvalue weighted by Crippen LogP contribution is 2.27. The quantitative estimate of drug-likeness (QED) is 0.487. The predicted molar refractivity (Wildman–Crippen MR) is 169 cm³/mol. The van der Waals surface area contributed by atoms with Crippen molar-refractivity contribution in [2.24, 2.45) is 5.41 Å². The lowest BCUT2D eigenvalue weighted by Crippen LogP contribution is -2.62. The van der Waals surface area contributed by atoms with Gasteiger partial charge in [-0.25, -0.2) is 14.6 Å². The highest BCUT2D eigenvalue weighted by atomic mass is 16.2. The summed E-state index contributed by atoms with van der Waals surface area (Å²) in [6, 6.07) is 15.2. The maximum atomic E-state index is 14.2. The van der Waals surface area contributed by atoms with Gasteiger partial charge in [0.25, 0.3) is 0 Å². The summed E-state index contributed by atoms with van der Waals surface area (Å²) in [5.41, 5.74) is 1.18. The van der Waals surface area contributed by atoms with E-state index in [1.807, 2.05) is 25.7 Å². The Bertz CT molecular complexity index is 1470. The molecule has 0 radical (unpaired) electrons. The highest BCUT2D eigenvalue weighted by Gasteiger charge is 2.38. The number of anilines is 2. The van der Waals surface area contributed by atoms with Gasteiger partial charge in [-0.05, 0) is 74.2 Å². The topological polar surface area (TPSA) is 153 Å². The second-order valence-electron chi connectivity index (χ2n) is 12.4. The zero-order chi connectivity index (χ0) is 32.7. The van der Waals surface area contributed by atoms with Crippen LogP contribution >= 0.6 is 0 Å². The van der Waals surface area contributed by atoms with Crippen LogP contribution < -0.4 is 15.6 Å². The summed E-state index contributed by atoms with van der Waals surface area (Å²) in [5, 5.41) is 27.2. The van der Waals surface area contributed by atoms with E-state index in [1.54, 1.807) is 53.4 Å². The summed E-state index contributed by atoms with van der Waals surface area (Å²) in [6.45, 7) is 9.01. The number of carbonyl (C=O) groups excluding carboxylic acids is 4. The summed E-state index contributed by atoms with van der Waals surface area (Å²) < 4.78 is 0. The second kappa shape index (κ2) is 14.1. The third-order valence-corrected chi connectivity index (χ3v) is 8.13. The largest absolute Gasteiger partial charge is 0.343 e. The molecule has 2 saturated heterocycles. The lowest BCUT2D eigenvalue weighted by Gasteiger charge is -2.44. The fraction of sp³-hybridized carbons (Fsp3) is 0.455. The Labute approximate surface area is 264 Å². The van der Waals surface area contributed by atoms with Crippen LogP contribution in [0.4, 0.5) is 21.0 Å². The van der Waals surface area contributed by atoms with Crippen LogP contribution in [0.3, 0.4) is 0 Å². The number of hydrogen-bond acceptors (Lipinski definition) is 6. The van der Waals surface area contributed by atoms with E-state index in [4.69, 9.17) is 0 Å². The Morgan fingerprint density at radius 3 is 1.78 bits per heavy atom. The number of nitrogens with one attached hydrogen (secondary N) is 2. The van der Waals surface area contributed by atoms with Gasteiger partial charge in [-0.2, -0.15) is 15.5 Å². The van der Waals surface area contributed by atoms with Crippen LogP contribution in [0.25, 0.3) is 0 Å². The van der Waals surface area contributed by atoms with Crippen LogP contribution in [0.5, 0.6) is 0 Å². The Balaban J connectivity index is 1.64. The summed E-state index contributed by atoms with van der Waals surface area (Å²) >= 11 is 0. The van der Waals surface area contributed by atoms with E-state index in [2.05, 4.69) is 22.8 Å². The van der Waals surface area contributed by atoms with Gasteiger partial charge in [-0.15, -0.1) is 0 Å². The van der Waals surface area contributed by atoms with Gasteiger partial charge in [0.15, 0.2) is 0 Å². The van der Waals surface area contributed by atoms with Crippen molar-refractivity contribution in [3.8, 4) is 12.1 Å². The molecule has 2 aromatic rings. The molecule has 12 nitrogen and oxygen atoms in total. The third kappa shape index (κ3) is 8.09. The van der Waals surface area contributed by atoms with Crippen molar-refractivity contribution in [1.29, 1.82) is 10.5 Å². The molecule has 2 aliphatic heterocycles. The van der Waals surface area contributed by atoms with Crippen LogP contribution in [0.2, 0.25) is 0 Å². The molecular weight excluding hydrogens is 572 g/mol. The molecule has 4 rings (SSSR count). The molecule has 6 amide bonds. The van der Waals surface area contributed by atoms with Crippen molar-refractivity contribution in [3.05, 3.63) is 59.7 Å². The van der Waals surface area contributed by atoms with Gasteiger partial charge in [-0.1, -0.05) is 20.8 Å². The van der Waals surface area contributed by atoms with Crippen LogP contribution in [-0.2, 0) is 9.59 Å². The van der Waals surface area contributed by atoms with Gasteiger partial charge in [0.05, 0.1) is 35.0 Å². The lowest BCUT2D eigenvalue weighted by atomic mass is 9.93. The fourth-order valence-corrected chi connectivity index (χ4v) is 5.61. The first kappa shape index (κ1) is 32.8. The number of nitrogens with zero attached hydrogens (tertiary/aromatic N) is 6. The second-order valence-corrected chi connectivity index (χ2v) is 12.4. The number of piperidine rings is 2. The van der Waals surface area contributed by atoms with Gasteiger partial charge in [0.1, 0.15) is 0 Å². The van der Waals surface area contributed by atoms with E-state index in [1.165, 1.54) is 16.9 Å². The van der Waals surface area contributed by atoms with E-state index >= 15 is 0 Å². The zero-order valence-electron chi connectivity index (χ0n) is 26.2. The minimum Gasteiger partial charge on any atom is -0.343 e. The molecule has 0 atom stereocenters. The Kier molecular flexibility index (Phi) is 10.3. The van der Waals surface area contributed by atoms with E-state index < -0.39 is 23.5 Å². The average molecular weight is 613 g/mol. The number of likely N-dealkylation sites (tertiary alicyclic amines) is 2. The van der Waals surface area contributed by atoms with Crippen LogP contribution in [-0.4, -0.2) is 76.9 Å². The monoisotopic (exact) mass is 612 g/mol. The molecule has 0 bridgehead atoms. The van der Waals surface area contributed by atoms with Gasteiger partial charge in [0.2, 0.25) is 11.8 Å². The summed E-state index contributed by atoms with van der Waals surface area (Å²) in [6.07, 6.45) is 1.99. The Morgan fingerprint density at radius 1 is 0.778 bits per heavy atom. The van der Waals surface area contributed by atoms with E-state index in [0.29, 0.717) is 74.4 Å². The molecule has 2 N–H and O–H groups in total. The minimum absolute atomic E-state index is 0.0555. The maximum Gasteiger partial charge on any atom is 0.341 e. The molecule has 0 saturated carbocycles. The molecule has 2 heterocycles. The SMILES string of the molecule is CC(=O)N1CCC(N(C(=O)Nc2ccc(C#N)cc2)N(C(=O)NC2CCN(C(=O)C(C)(C)C)CC2)c2ccc(C#N)cc2)CC1. The molecule has 0 unspecified atom stereocenters. The van der Waals surface area contributed by atoms with Crippen LogP contribution in [0.15, 0.2) is 48.5 Å². The molecule has 0 spiro atoms. The lowest BCUT2D eigenvalue weighted by molar-refractivity contribution is -0.140. The number of amides is 6. The van der Waals surface area contributed by atoms with E-state index in [-0.39, 0.29) is 17.9 Å². The Morgan fingerprint density at radius 2 is 1.29 bits per heavy atom. The van der Waals surface area contributed by atoms with Crippen molar-refractivity contribution in [2.75, 3.05) is 36.5 Å². The first-order valence-electron chi connectivity index (χ1n) is 15.2. The van der Waals surface area contributed by atoms with Crippen LogP contribution in [0.1, 0.15) is 64.5 Å². The van der Waals surface area contributed by atoms with Gasteiger partial charge < -0.3 is 20.4 Å². The van der Waals surface area contributed by atoms with Gasteiger partial charge >= 0.3 is 12.1 Å². The van der Waals surface area contributed by atoms with Crippen molar-refractivity contribution in [2.45, 2.75) is 65.5 Å². The van der Waals surface area contributed by atoms with E-state index in [0.717, 1.165) is 0 Å². The standard InChI is InChI=1S/C33H40N8O4/c1-23(42)38-19-15-29(16-20-38)41(31(44)36-26-9-5-24(21-34)6-10-26)40(28-11-7-25(22-35)8-12-28)32(45)37-27-13-17-39(18-14-27)30(43)33(2,3)4/h5-12,27,29H,13-20H2,1-4H3,(H,36,44)(H,37,45). The molecule has 0 aliphatic carbocycles. The third-order valence-electron chi connectivity index (χ3n) is 8.13. The Hall–Kier alpha value is -5.10. The molecule has 12 heteroatoms. The van der Waals surface area contributed by atoms with E-state index in [9.17, 15) is 29.7 Å². The first-order valence-corrected chi connectivity index (χ1v) is 15.2. The van der Waals surface area contributed by atoms with Crippen molar-refractivity contribution in [3.63, 3.8) is 0 Å².